The molecule has 1 saturated heterocycles. The van der Waals surface area contributed by atoms with Gasteiger partial charge in [0.1, 0.15) is 0 Å². The lowest BCUT2D eigenvalue weighted by Gasteiger charge is -2.34. The van der Waals surface area contributed by atoms with Gasteiger partial charge in [0.05, 0.1) is 0 Å². The molecule has 1 aliphatic heterocycles. The molecule has 0 radical (unpaired) electrons. The van der Waals surface area contributed by atoms with Gasteiger partial charge in [-0.25, -0.2) is 10.4 Å². The van der Waals surface area contributed by atoms with Crippen LogP contribution >= 0.6 is 0 Å². The van der Waals surface area contributed by atoms with Crippen molar-refractivity contribution >= 4 is 0 Å². The van der Waals surface area contributed by atoms with Gasteiger partial charge >= 0.3 is 0 Å². The molecule has 0 aromatic carbocycles. The first kappa shape index (κ1) is 13.3. The van der Waals surface area contributed by atoms with E-state index in [1.54, 1.807) is 0 Å². The molecule has 0 amide bonds. The van der Waals surface area contributed by atoms with E-state index in [4.69, 9.17) is 0 Å². The number of hydrogen-bond donors (Lipinski definition) is 1. The smallest absolute Gasteiger partial charge is 0.0402 e. The van der Waals surface area contributed by atoms with Gasteiger partial charge < -0.3 is 0 Å². The van der Waals surface area contributed by atoms with Gasteiger partial charge in [-0.15, -0.1) is 0 Å². The van der Waals surface area contributed by atoms with Crippen LogP contribution in [0.25, 0.3) is 0 Å². The molecule has 3 heteroatoms. The van der Waals surface area contributed by atoms with Crippen LogP contribution in [-0.2, 0) is 0 Å². The quantitative estimate of drug-likeness (QED) is 0.799. The SMILES string of the molecule is CCN1CC(C)NN1C1CCCCCCCC1. The van der Waals surface area contributed by atoms with Crippen LogP contribution < -0.4 is 5.43 Å². The Labute approximate surface area is 106 Å². The summed E-state index contributed by atoms with van der Waals surface area (Å²) < 4.78 is 0. The highest BCUT2D eigenvalue weighted by atomic mass is 15.8. The molecule has 0 aromatic heterocycles. The second-order valence-electron chi connectivity index (χ2n) is 5.73. The normalized spacial score (nSPS) is 31.1. The van der Waals surface area contributed by atoms with E-state index >= 15 is 0 Å². The van der Waals surface area contributed by atoms with Gasteiger partial charge in [0.15, 0.2) is 0 Å². The number of rotatable bonds is 2. The van der Waals surface area contributed by atoms with Crippen LogP contribution in [-0.4, -0.2) is 35.3 Å². The standard InChI is InChI=1S/C14H29N3/c1-3-16-12-13(2)15-17(16)14-10-8-6-4-5-7-9-11-14/h13-15H,3-12H2,1-2H3. The maximum Gasteiger partial charge on any atom is 0.0402 e. The van der Waals surface area contributed by atoms with E-state index in [-0.39, 0.29) is 0 Å². The third-order valence-corrected chi connectivity index (χ3v) is 4.18. The molecule has 2 aliphatic rings. The molecule has 1 atom stereocenters. The fourth-order valence-electron chi connectivity index (χ4n) is 3.23. The molecule has 17 heavy (non-hydrogen) atoms. The summed E-state index contributed by atoms with van der Waals surface area (Å²) in [5, 5.41) is 4.96. The lowest BCUT2D eigenvalue weighted by atomic mass is 10.1. The molecule has 1 saturated carbocycles. The highest BCUT2D eigenvalue weighted by Crippen LogP contribution is 2.23. The molecule has 0 aromatic rings. The third-order valence-electron chi connectivity index (χ3n) is 4.18. The lowest BCUT2D eigenvalue weighted by Crippen LogP contribution is -2.49. The van der Waals surface area contributed by atoms with Crippen LogP contribution in [0, 0.1) is 0 Å². The Morgan fingerprint density at radius 2 is 1.59 bits per heavy atom. The Bertz CT molecular complexity index is 210. The van der Waals surface area contributed by atoms with E-state index in [0.29, 0.717) is 6.04 Å². The van der Waals surface area contributed by atoms with Crippen LogP contribution in [0.2, 0.25) is 0 Å². The second-order valence-corrected chi connectivity index (χ2v) is 5.73. The minimum atomic E-state index is 0.613. The summed E-state index contributed by atoms with van der Waals surface area (Å²) in [6, 6.07) is 1.35. The molecule has 100 valence electrons. The second kappa shape index (κ2) is 6.72. The molecule has 1 unspecified atom stereocenters. The van der Waals surface area contributed by atoms with Crippen molar-refractivity contribution in [2.45, 2.75) is 77.3 Å². The maximum atomic E-state index is 3.65. The molecule has 2 fully saturated rings. The minimum Gasteiger partial charge on any atom is -0.237 e. The van der Waals surface area contributed by atoms with Crippen molar-refractivity contribution in [3.05, 3.63) is 0 Å². The predicted molar refractivity (Wildman–Crippen MR) is 72.4 cm³/mol. The molecule has 1 N–H and O–H groups in total. The van der Waals surface area contributed by atoms with Gasteiger partial charge in [-0.05, 0) is 19.8 Å². The monoisotopic (exact) mass is 239 g/mol. The molecule has 2 rings (SSSR count). The van der Waals surface area contributed by atoms with Crippen LogP contribution in [0.4, 0.5) is 0 Å². The topological polar surface area (TPSA) is 18.5 Å². The van der Waals surface area contributed by atoms with Crippen molar-refractivity contribution in [3.63, 3.8) is 0 Å². The van der Waals surface area contributed by atoms with Crippen molar-refractivity contribution in [2.75, 3.05) is 13.1 Å². The predicted octanol–water partition coefficient (Wildman–Crippen LogP) is 2.94. The van der Waals surface area contributed by atoms with E-state index < -0.39 is 0 Å². The average molecular weight is 239 g/mol. The lowest BCUT2D eigenvalue weighted by molar-refractivity contribution is -0.0551. The number of nitrogens with zero attached hydrogens (tertiary/aromatic N) is 2. The van der Waals surface area contributed by atoms with Crippen LogP contribution in [0.3, 0.4) is 0 Å². The minimum absolute atomic E-state index is 0.613. The highest BCUT2D eigenvalue weighted by Gasteiger charge is 2.31. The van der Waals surface area contributed by atoms with Crippen molar-refractivity contribution < 1.29 is 0 Å². The molecule has 0 bridgehead atoms. The van der Waals surface area contributed by atoms with E-state index in [1.165, 1.54) is 57.9 Å². The van der Waals surface area contributed by atoms with Gasteiger partial charge in [-0.2, -0.15) is 5.12 Å². The van der Waals surface area contributed by atoms with Crippen LogP contribution in [0.5, 0.6) is 0 Å². The number of likely N-dealkylation sites (N-methyl/N-ethyl adjacent to an activating group) is 1. The zero-order chi connectivity index (χ0) is 12.1. The van der Waals surface area contributed by atoms with Crippen molar-refractivity contribution in [2.24, 2.45) is 0 Å². The summed E-state index contributed by atoms with van der Waals surface area (Å²) in [7, 11) is 0. The van der Waals surface area contributed by atoms with E-state index in [2.05, 4.69) is 29.4 Å². The summed E-state index contributed by atoms with van der Waals surface area (Å²) in [5.74, 6) is 0. The first-order chi connectivity index (χ1) is 8.31. The van der Waals surface area contributed by atoms with E-state index in [9.17, 15) is 0 Å². The van der Waals surface area contributed by atoms with E-state index in [1.807, 2.05) is 0 Å². The zero-order valence-electron chi connectivity index (χ0n) is 11.6. The summed E-state index contributed by atoms with van der Waals surface area (Å²) in [6.07, 6.45) is 11.3. The summed E-state index contributed by atoms with van der Waals surface area (Å²) in [5.41, 5.74) is 3.65. The number of hydrazine groups is 2. The van der Waals surface area contributed by atoms with Gasteiger partial charge in [-0.3, -0.25) is 0 Å². The summed E-state index contributed by atoms with van der Waals surface area (Å²) >= 11 is 0. The molecule has 3 nitrogen and oxygen atoms in total. The van der Waals surface area contributed by atoms with Crippen LogP contribution in [0.1, 0.15) is 65.2 Å². The van der Waals surface area contributed by atoms with E-state index in [0.717, 1.165) is 12.6 Å². The van der Waals surface area contributed by atoms with Gasteiger partial charge in [-0.1, -0.05) is 45.4 Å². The van der Waals surface area contributed by atoms with Crippen molar-refractivity contribution in [3.8, 4) is 0 Å². The van der Waals surface area contributed by atoms with Gasteiger partial charge in [0.25, 0.3) is 0 Å². The Kier molecular flexibility index (Phi) is 5.26. The number of nitrogens with one attached hydrogen (secondary N) is 1. The third kappa shape index (κ3) is 3.67. The summed E-state index contributed by atoms with van der Waals surface area (Å²) in [6.45, 7) is 6.86. The Morgan fingerprint density at radius 3 is 2.18 bits per heavy atom. The molecule has 1 heterocycles. The van der Waals surface area contributed by atoms with Crippen LogP contribution in [0.15, 0.2) is 0 Å². The Balaban J connectivity index is 1.92. The summed E-state index contributed by atoms with van der Waals surface area (Å²) in [4.78, 5) is 0. The zero-order valence-corrected chi connectivity index (χ0v) is 11.6. The van der Waals surface area contributed by atoms with Gasteiger partial charge in [0, 0.05) is 25.2 Å². The fraction of sp³-hybridized carbons (Fsp3) is 1.00. The number of hydrogen-bond acceptors (Lipinski definition) is 3. The fourth-order valence-corrected chi connectivity index (χ4v) is 3.23. The Morgan fingerprint density at radius 1 is 1.00 bits per heavy atom. The molecule has 0 spiro atoms. The first-order valence-corrected chi connectivity index (χ1v) is 7.61. The molecular formula is C14H29N3. The average Bonchev–Trinajstić information content (AvgIpc) is 2.75. The van der Waals surface area contributed by atoms with Crippen molar-refractivity contribution in [1.82, 2.24) is 15.6 Å². The first-order valence-electron chi connectivity index (χ1n) is 7.61. The largest absolute Gasteiger partial charge is 0.237 e. The molecule has 1 aliphatic carbocycles. The van der Waals surface area contributed by atoms with Gasteiger partial charge in [0.2, 0.25) is 0 Å². The molecular weight excluding hydrogens is 210 g/mol. The maximum absolute atomic E-state index is 3.65. The highest BCUT2D eigenvalue weighted by molar-refractivity contribution is 4.78. The van der Waals surface area contributed by atoms with Crippen molar-refractivity contribution in [1.29, 1.82) is 0 Å². The Hall–Kier alpha value is -0.120.